The SMILES string of the molecule is C[C@]12CCC(=O)C=C1CCC1C2[C@H](O)C[C@@]2(C)C1CC[C@]2(O)C(=O)COC(=O)CCC1CCCC1. The number of carbonyl (C=O) groups is 3. The van der Waals surface area contributed by atoms with Gasteiger partial charge in [0.2, 0.25) is 5.78 Å². The predicted molar refractivity (Wildman–Crippen MR) is 130 cm³/mol. The molecule has 0 saturated heterocycles. The molecule has 0 aromatic carbocycles. The van der Waals surface area contributed by atoms with Gasteiger partial charge in [0.05, 0.1) is 6.10 Å². The van der Waals surface area contributed by atoms with Crippen LogP contribution < -0.4 is 0 Å². The van der Waals surface area contributed by atoms with Crippen molar-refractivity contribution in [1.82, 2.24) is 0 Å². The fraction of sp³-hybridized carbons (Fsp3) is 0.828. The monoisotopic (exact) mass is 486 g/mol. The van der Waals surface area contributed by atoms with Crippen molar-refractivity contribution < 1.29 is 29.3 Å². The van der Waals surface area contributed by atoms with E-state index in [-0.39, 0.29) is 41.5 Å². The van der Waals surface area contributed by atoms with E-state index in [1.807, 2.05) is 13.0 Å². The van der Waals surface area contributed by atoms with E-state index in [0.717, 1.165) is 32.1 Å². The molecule has 0 bridgehead atoms. The van der Waals surface area contributed by atoms with Gasteiger partial charge in [0, 0.05) is 18.3 Å². The second-order valence-electron chi connectivity index (χ2n) is 12.7. The van der Waals surface area contributed by atoms with Crippen molar-refractivity contribution in [3.8, 4) is 0 Å². The van der Waals surface area contributed by atoms with Crippen LogP contribution in [0.25, 0.3) is 0 Å². The zero-order valence-electron chi connectivity index (χ0n) is 21.4. The summed E-state index contributed by atoms with van der Waals surface area (Å²) in [5.41, 5.74) is -1.36. The Bertz CT molecular complexity index is 918. The Labute approximate surface area is 208 Å². The predicted octanol–water partition coefficient (Wildman–Crippen LogP) is 4.30. The summed E-state index contributed by atoms with van der Waals surface area (Å²) in [6.45, 7) is 3.77. The van der Waals surface area contributed by atoms with Crippen LogP contribution in [0.2, 0.25) is 0 Å². The molecule has 2 N–H and O–H groups in total. The Hall–Kier alpha value is -1.53. The van der Waals surface area contributed by atoms with E-state index in [1.165, 1.54) is 31.3 Å². The molecule has 35 heavy (non-hydrogen) atoms. The molecule has 0 heterocycles. The molecule has 4 fully saturated rings. The van der Waals surface area contributed by atoms with Crippen LogP contribution in [-0.2, 0) is 19.1 Å². The second-order valence-corrected chi connectivity index (χ2v) is 12.7. The molecule has 6 heteroatoms. The van der Waals surface area contributed by atoms with Crippen LogP contribution in [0.1, 0.15) is 97.3 Å². The second kappa shape index (κ2) is 9.09. The van der Waals surface area contributed by atoms with E-state index in [4.69, 9.17) is 4.74 Å². The maximum Gasteiger partial charge on any atom is 0.306 e. The first kappa shape index (κ1) is 25.1. The lowest BCUT2D eigenvalue weighted by Gasteiger charge is -2.60. The molecule has 0 amide bonds. The Morgan fingerprint density at radius 2 is 1.83 bits per heavy atom. The van der Waals surface area contributed by atoms with Crippen LogP contribution in [0.3, 0.4) is 0 Å². The maximum absolute atomic E-state index is 13.3. The number of rotatable bonds is 6. The molecule has 5 aliphatic rings. The highest BCUT2D eigenvalue weighted by molar-refractivity contribution is 5.92. The van der Waals surface area contributed by atoms with Crippen molar-refractivity contribution >= 4 is 17.5 Å². The van der Waals surface area contributed by atoms with Crippen molar-refractivity contribution in [2.75, 3.05) is 6.61 Å². The summed E-state index contributed by atoms with van der Waals surface area (Å²) >= 11 is 0. The number of ether oxygens (including phenoxy) is 1. The number of aliphatic hydroxyl groups excluding tert-OH is 1. The van der Waals surface area contributed by atoms with E-state index in [9.17, 15) is 24.6 Å². The summed E-state index contributed by atoms with van der Waals surface area (Å²) < 4.78 is 5.35. The molecular formula is C29H42O6. The molecule has 7 atom stereocenters. The first-order chi connectivity index (χ1) is 16.6. The average molecular weight is 487 g/mol. The zero-order chi connectivity index (χ0) is 25.0. The van der Waals surface area contributed by atoms with E-state index in [2.05, 4.69) is 6.92 Å². The maximum atomic E-state index is 13.3. The number of esters is 1. The van der Waals surface area contributed by atoms with Gasteiger partial charge in [-0.25, -0.2) is 0 Å². The Balaban J connectivity index is 1.28. The Morgan fingerprint density at radius 1 is 1.09 bits per heavy atom. The number of hydrogen-bond acceptors (Lipinski definition) is 6. The normalized spacial score (nSPS) is 43.2. The number of Topliss-reactive ketones (excluding diaryl/α,β-unsaturated/α-hetero) is 1. The van der Waals surface area contributed by atoms with Crippen molar-refractivity contribution in [3.05, 3.63) is 11.6 Å². The molecule has 0 spiro atoms. The van der Waals surface area contributed by atoms with Crippen LogP contribution in [0.15, 0.2) is 11.6 Å². The van der Waals surface area contributed by atoms with Gasteiger partial charge in [0.1, 0.15) is 5.60 Å². The minimum absolute atomic E-state index is 0.0412. The minimum Gasteiger partial charge on any atom is -0.458 e. The number of hydrogen-bond donors (Lipinski definition) is 2. The highest BCUT2D eigenvalue weighted by Crippen LogP contribution is 2.67. The van der Waals surface area contributed by atoms with Crippen LogP contribution in [0, 0.1) is 34.5 Å². The number of carbonyl (C=O) groups excluding carboxylic acids is 3. The van der Waals surface area contributed by atoms with Crippen molar-refractivity contribution in [2.45, 2.75) is 109 Å². The van der Waals surface area contributed by atoms with Gasteiger partial charge in [0.15, 0.2) is 12.4 Å². The number of allylic oxidation sites excluding steroid dienone is 1. The fourth-order valence-electron chi connectivity index (χ4n) is 9.11. The topological polar surface area (TPSA) is 101 Å². The van der Waals surface area contributed by atoms with Crippen LogP contribution in [0.4, 0.5) is 0 Å². The van der Waals surface area contributed by atoms with Crippen molar-refractivity contribution in [2.24, 2.45) is 34.5 Å². The molecule has 0 aromatic rings. The standard InChI is InChI=1S/C29H42O6/c1-27-13-11-20(30)15-19(27)8-9-21-22-12-14-29(34,28(22,2)16-23(31)26(21)27)24(32)17-35-25(33)10-7-18-5-3-4-6-18/h15,18,21-23,26,31,34H,3-14,16-17H2,1-2H3/t21?,22?,23-,26?,27+,28+,29+/m1/s1. The summed E-state index contributed by atoms with van der Waals surface area (Å²) in [6.07, 6.45) is 11.5. The van der Waals surface area contributed by atoms with Crippen molar-refractivity contribution in [3.63, 3.8) is 0 Å². The summed E-state index contributed by atoms with van der Waals surface area (Å²) in [7, 11) is 0. The molecule has 194 valence electrons. The molecule has 3 unspecified atom stereocenters. The quantitative estimate of drug-likeness (QED) is 0.543. The summed E-state index contributed by atoms with van der Waals surface area (Å²) in [4.78, 5) is 37.7. The average Bonchev–Trinajstić information content (AvgIpc) is 3.43. The molecule has 4 saturated carbocycles. The van der Waals surface area contributed by atoms with Gasteiger partial charge in [0.25, 0.3) is 0 Å². The van der Waals surface area contributed by atoms with Gasteiger partial charge in [-0.1, -0.05) is 45.1 Å². The number of aliphatic hydroxyl groups is 2. The first-order valence-corrected chi connectivity index (χ1v) is 13.9. The first-order valence-electron chi connectivity index (χ1n) is 13.9. The third-order valence-corrected chi connectivity index (χ3v) is 11.1. The van der Waals surface area contributed by atoms with Crippen LogP contribution >= 0.6 is 0 Å². The largest absolute Gasteiger partial charge is 0.458 e. The molecule has 0 radical (unpaired) electrons. The summed E-state index contributed by atoms with van der Waals surface area (Å²) in [6, 6.07) is 0. The van der Waals surface area contributed by atoms with E-state index >= 15 is 0 Å². The Morgan fingerprint density at radius 3 is 2.57 bits per heavy atom. The smallest absolute Gasteiger partial charge is 0.306 e. The van der Waals surface area contributed by atoms with Gasteiger partial charge < -0.3 is 14.9 Å². The van der Waals surface area contributed by atoms with Gasteiger partial charge in [-0.05, 0) is 80.1 Å². The fourth-order valence-corrected chi connectivity index (χ4v) is 9.11. The highest BCUT2D eigenvalue weighted by atomic mass is 16.5. The summed E-state index contributed by atoms with van der Waals surface area (Å²) in [5, 5.41) is 23.2. The number of ketones is 2. The lowest BCUT2D eigenvalue weighted by Crippen LogP contribution is -2.62. The van der Waals surface area contributed by atoms with E-state index in [1.54, 1.807) is 0 Å². The third-order valence-electron chi connectivity index (χ3n) is 11.1. The lowest BCUT2D eigenvalue weighted by atomic mass is 9.45. The summed E-state index contributed by atoms with van der Waals surface area (Å²) in [5.74, 6) is 0.360. The van der Waals surface area contributed by atoms with Crippen LogP contribution in [-0.4, -0.2) is 46.1 Å². The molecular weight excluding hydrogens is 444 g/mol. The van der Waals surface area contributed by atoms with Gasteiger partial charge in [-0.3, -0.25) is 14.4 Å². The van der Waals surface area contributed by atoms with Crippen LogP contribution in [0.5, 0.6) is 0 Å². The Kier molecular flexibility index (Phi) is 6.53. The van der Waals surface area contributed by atoms with Crippen molar-refractivity contribution in [1.29, 1.82) is 0 Å². The van der Waals surface area contributed by atoms with Gasteiger partial charge >= 0.3 is 5.97 Å². The molecule has 5 rings (SSSR count). The molecule has 0 aromatic heterocycles. The lowest BCUT2D eigenvalue weighted by molar-refractivity contribution is -0.184. The zero-order valence-corrected chi connectivity index (χ0v) is 21.4. The van der Waals surface area contributed by atoms with E-state index < -0.39 is 22.9 Å². The molecule has 6 nitrogen and oxygen atoms in total. The number of fused-ring (bicyclic) bond motifs is 5. The minimum atomic E-state index is -1.59. The van der Waals surface area contributed by atoms with Gasteiger partial charge in [-0.15, -0.1) is 0 Å². The molecule has 0 aliphatic heterocycles. The van der Waals surface area contributed by atoms with Gasteiger partial charge in [-0.2, -0.15) is 0 Å². The highest BCUT2D eigenvalue weighted by Gasteiger charge is 2.68. The van der Waals surface area contributed by atoms with E-state index in [0.29, 0.717) is 31.6 Å². The molecule has 5 aliphatic carbocycles. The third kappa shape index (κ3) is 4.03.